The van der Waals surface area contributed by atoms with Crippen LogP contribution in [0.15, 0.2) is 48.5 Å². The van der Waals surface area contributed by atoms with Gasteiger partial charge in [0.25, 0.3) is 5.91 Å². The van der Waals surface area contributed by atoms with Gasteiger partial charge in [-0.2, -0.15) is 0 Å². The number of anilines is 1. The van der Waals surface area contributed by atoms with Gasteiger partial charge in [0.05, 0.1) is 12.3 Å². The molecule has 0 spiro atoms. The van der Waals surface area contributed by atoms with Crippen molar-refractivity contribution >= 4 is 11.6 Å². The number of aromatic nitrogens is 1. The van der Waals surface area contributed by atoms with Crippen LogP contribution in [0.3, 0.4) is 0 Å². The van der Waals surface area contributed by atoms with Gasteiger partial charge < -0.3 is 19.1 Å². The maximum Gasteiger partial charge on any atom is 0.270 e. The van der Waals surface area contributed by atoms with Crippen LogP contribution >= 0.6 is 0 Å². The van der Waals surface area contributed by atoms with Crippen molar-refractivity contribution in [1.82, 2.24) is 9.47 Å². The van der Waals surface area contributed by atoms with E-state index in [1.165, 1.54) is 29.8 Å². The van der Waals surface area contributed by atoms with Crippen LogP contribution in [0.2, 0.25) is 0 Å². The summed E-state index contributed by atoms with van der Waals surface area (Å²) >= 11 is 0. The Morgan fingerprint density at radius 2 is 1.69 bits per heavy atom. The third kappa shape index (κ3) is 4.66. The average Bonchev–Trinajstić information content (AvgIpc) is 3.17. The van der Waals surface area contributed by atoms with Crippen molar-refractivity contribution < 1.29 is 13.9 Å². The number of para-hydroxylation sites is 2. The first-order valence-corrected chi connectivity index (χ1v) is 12.8. The lowest BCUT2D eigenvalue weighted by Crippen LogP contribution is -2.49. The SMILES string of the molecule is CCOc1ccccc1N1CCN(C(=O)c2c(C)c3c(n2Cc2ccc(F)cc2)CCCC3)CC1. The molecule has 6 heteroatoms. The largest absolute Gasteiger partial charge is 0.492 e. The van der Waals surface area contributed by atoms with E-state index in [9.17, 15) is 9.18 Å². The van der Waals surface area contributed by atoms with Crippen molar-refractivity contribution in [2.75, 3.05) is 37.7 Å². The van der Waals surface area contributed by atoms with Gasteiger partial charge in [0, 0.05) is 38.4 Å². The molecule has 0 atom stereocenters. The second-order valence-electron chi connectivity index (χ2n) is 9.50. The molecule has 35 heavy (non-hydrogen) atoms. The third-order valence-corrected chi connectivity index (χ3v) is 7.37. The lowest BCUT2D eigenvalue weighted by Gasteiger charge is -2.37. The fraction of sp³-hybridized carbons (Fsp3) is 0.414. The highest BCUT2D eigenvalue weighted by molar-refractivity contribution is 5.95. The number of halogens is 1. The third-order valence-electron chi connectivity index (χ3n) is 7.37. The summed E-state index contributed by atoms with van der Waals surface area (Å²) < 4.78 is 21.5. The van der Waals surface area contributed by atoms with Crippen LogP contribution in [-0.2, 0) is 19.4 Å². The summed E-state index contributed by atoms with van der Waals surface area (Å²) in [5.74, 6) is 0.766. The molecule has 0 radical (unpaired) electrons. The van der Waals surface area contributed by atoms with E-state index in [1.54, 1.807) is 0 Å². The second-order valence-corrected chi connectivity index (χ2v) is 9.50. The first-order valence-electron chi connectivity index (χ1n) is 12.8. The van der Waals surface area contributed by atoms with E-state index < -0.39 is 0 Å². The van der Waals surface area contributed by atoms with Gasteiger partial charge in [-0.25, -0.2) is 4.39 Å². The van der Waals surface area contributed by atoms with Gasteiger partial charge >= 0.3 is 0 Å². The minimum Gasteiger partial charge on any atom is -0.492 e. The standard InChI is InChI=1S/C29H34FN3O2/c1-3-35-27-11-7-6-10-26(27)31-16-18-32(19-17-31)29(34)28-21(2)24-8-4-5-9-25(24)33(28)20-22-12-14-23(30)15-13-22/h6-7,10-15H,3-5,8-9,16-20H2,1-2H3. The van der Waals surface area contributed by atoms with E-state index in [0.717, 1.165) is 60.6 Å². The molecule has 2 heterocycles. The summed E-state index contributed by atoms with van der Waals surface area (Å²) in [6, 6.07) is 14.8. The molecule has 1 aromatic heterocycles. The van der Waals surface area contributed by atoms with Gasteiger partial charge in [0.15, 0.2) is 0 Å². The van der Waals surface area contributed by atoms with Gasteiger partial charge in [-0.3, -0.25) is 4.79 Å². The van der Waals surface area contributed by atoms with Crippen LogP contribution in [0.1, 0.15) is 52.6 Å². The molecule has 184 valence electrons. The summed E-state index contributed by atoms with van der Waals surface area (Å²) in [6.07, 6.45) is 4.33. The first-order chi connectivity index (χ1) is 17.1. The highest BCUT2D eigenvalue weighted by Gasteiger charge is 2.31. The summed E-state index contributed by atoms with van der Waals surface area (Å²) in [6.45, 7) is 8.21. The molecule has 2 aliphatic rings. The average molecular weight is 476 g/mol. The number of amides is 1. The number of ether oxygens (including phenoxy) is 1. The Bertz CT molecular complexity index is 1190. The van der Waals surface area contributed by atoms with Gasteiger partial charge in [-0.1, -0.05) is 24.3 Å². The molecule has 1 fully saturated rings. The van der Waals surface area contributed by atoms with Crippen molar-refractivity contribution in [2.24, 2.45) is 0 Å². The van der Waals surface area contributed by atoms with E-state index in [1.807, 2.05) is 42.2 Å². The molecule has 1 amide bonds. The summed E-state index contributed by atoms with van der Waals surface area (Å²) in [5.41, 5.74) is 6.66. The summed E-state index contributed by atoms with van der Waals surface area (Å²) in [4.78, 5) is 18.2. The number of carbonyl (C=O) groups is 1. The van der Waals surface area contributed by atoms with Crippen LogP contribution in [0.4, 0.5) is 10.1 Å². The smallest absolute Gasteiger partial charge is 0.270 e. The Hall–Kier alpha value is -3.28. The molecule has 0 unspecified atom stereocenters. The molecule has 0 bridgehead atoms. The number of nitrogens with zero attached hydrogens (tertiary/aromatic N) is 3. The van der Waals surface area contributed by atoms with Crippen molar-refractivity contribution in [3.63, 3.8) is 0 Å². The Labute approximate surface area is 207 Å². The fourth-order valence-electron chi connectivity index (χ4n) is 5.59. The Morgan fingerprint density at radius 3 is 2.43 bits per heavy atom. The zero-order valence-electron chi connectivity index (χ0n) is 20.7. The molecule has 5 nitrogen and oxygen atoms in total. The predicted molar refractivity (Wildman–Crippen MR) is 137 cm³/mol. The van der Waals surface area contributed by atoms with Gasteiger partial charge in [-0.05, 0) is 80.5 Å². The fourth-order valence-corrected chi connectivity index (χ4v) is 5.59. The van der Waals surface area contributed by atoms with Crippen LogP contribution < -0.4 is 9.64 Å². The molecule has 1 aliphatic carbocycles. The minimum atomic E-state index is -0.237. The molecular formula is C29H34FN3O2. The predicted octanol–water partition coefficient (Wildman–Crippen LogP) is 5.22. The molecule has 1 aliphatic heterocycles. The highest BCUT2D eigenvalue weighted by atomic mass is 19.1. The quantitative estimate of drug-likeness (QED) is 0.490. The number of fused-ring (bicyclic) bond motifs is 1. The van der Waals surface area contributed by atoms with E-state index >= 15 is 0 Å². The maximum absolute atomic E-state index is 13.9. The van der Waals surface area contributed by atoms with Crippen LogP contribution in [0, 0.1) is 12.7 Å². The molecule has 0 saturated carbocycles. The Balaban J connectivity index is 1.39. The minimum absolute atomic E-state index is 0.108. The molecule has 5 rings (SSSR count). The topological polar surface area (TPSA) is 37.7 Å². The normalized spacial score (nSPS) is 15.7. The number of carbonyl (C=O) groups excluding carboxylic acids is 1. The lowest BCUT2D eigenvalue weighted by molar-refractivity contribution is 0.0735. The monoisotopic (exact) mass is 475 g/mol. The number of hydrogen-bond acceptors (Lipinski definition) is 3. The van der Waals surface area contributed by atoms with Crippen LogP contribution in [0.25, 0.3) is 0 Å². The molecule has 1 saturated heterocycles. The summed E-state index contributed by atoms with van der Waals surface area (Å²) in [7, 11) is 0. The van der Waals surface area contributed by atoms with Crippen molar-refractivity contribution in [3.05, 3.63) is 82.4 Å². The highest BCUT2D eigenvalue weighted by Crippen LogP contribution is 2.32. The second kappa shape index (κ2) is 10.1. The Morgan fingerprint density at radius 1 is 0.971 bits per heavy atom. The number of rotatable bonds is 6. The molecule has 3 aromatic rings. The Kier molecular flexibility index (Phi) is 6.80. The number of piperazine rings is 1. The number of benzene rings is 2. The van der Waals surface area contributed by atoms with Crippen molar-refractivity contribution in [3.8, 4) is 5.75 Å². The van der Waals surface area contributed by atoms with Crippen LogP contribution in [0.5, 0.6) is 5.75 Å². The molecule has 2 aromatic carbocycles. The summed E-state index contributed by atoms with van der Waals surface area (Å²) in [5, 5.41) is 0. The number of hydrogen-bond donors (Lipinski definition) is 0. The van der Waals surface area contributed by atoms with Gasteiger partial charge in [-0.15, -0.1) is 0 Å². The van der Waals surface area contributed by atoms with E-state index in [2.05, 4.69) is 22.5 Å². The van der Waals surface area contributed by atoms with Crippen molar-refractivity contribution in [2.45, 2.75) is 46.1 Å². The van der Waals surface area contributed by atoms with E-state index in [0.29, 0.717) is 26.2 Å². The van der Waals surface area contributed by atoms with Gasteiger partial charge in [0.2, 0.25) is 0 Å². The first kappa shape index (κ1) is 23.5. The van der Waals surface area contributed by atoms with Crippen molar-refractivity contribution in [1.29, 1.82) is 0 Å². The molecular weight excluding hydrogens is 441 g/mol. The van der Waals surface area contributed by atoms with E-state index in [-0.39, 0.29) is 11.7 Å². The zero-order chi connectivity index (χ0) is 24.4. The molecule has 0 N–H and O–H groups in total. The lowest BCUT2D eigenvalue weighted by atomic mass is 9.95. The maximum atomic E-state index is 13.9. The van der Waals surface area contributed by atoms with Gasteiger partial charge in [0.1, 0.15) is 17.3 Å². The van der Waals surface area contributed by atoms with E-state index in [4.69, 9.17) is 4.74 Å². The zero-order valence-corrected chi connectivity index (χ0v) is 20.7. The van der Waals surface area contributed by atoms with Crippen LogP contribution in [-0.4, -0.2) is 48.2 Å².